The van der Waals surface area contributed by atoms with Crippen LogP contribution < -0.4 is 10.1 Å². The highest BCUT2D eigenvalue weighted by Gasteiger charge is 2.25. The van der Waals surface area contributed by atoms with Crippen molar-refractivity contribution < 1.29 is 9.53 Å². The number of ether oxygens (including phenoxy) is 1. The van der Waals surface area contributed by atoms with Crippen molar-refractivity contribution in [1.29, 1.82) is 5.26 Å². The third kappa shape index (κ3) is 6.46. The highest BCUT2D eigenvalue weighted by molar-refractivity contribution is 6.30. The third-order valence-corrected chi connectivity index (χ3v) is 5.99. The summed E-state index contributed by atoms with van der Waals surface area (Å²) in [5.74, 6) is 0.759. The van der Waals surface area contributed by atoms with E-state index in [2.05, 4.69) is 11.4 Å². The second-order valence-electron chi connectivity index (χ2n) is 9.60. The van der Waals surface area contributed by atoms with Crippen LogP contribution in [0.1, 0.15) is 36.7 Å². The molecule has 0 bridgehead atoms. The molecule has 0 radical (unpaired) electrons. The van der Waals surface area contributed by atoms with Crippen LogP contribution in [-0.4, -0.2) is 5.91 Å². The van der Waals surface area contributed by atoms with Gasteiger partial charge in [0.1, 0.15) is 17.6 Å². The number of hydrogen-bond acceptors (Lipinski definition) is 3. The lowest BCUT2D eigenvalue weighted by Gasteiger charge is -2.25. The molecule has 1 amide bonds. The van der Waals surface area contributed by atoms with Crippen LogP contribution >= 0.6 is 11.6 Å². The molecule has 184 valence electrons. The van der Waals surface area contributed by atoms with E-state index in [1.807, 2.05) is 75.4 Å². The molecule has 0 atom stereocenters. The summed E-state index contributed by atoms with van der Waals surface area (Å²) in [7, 11) is 0. The summed E-state index contributed by atoms with van der Waals surface area (Å²) in [5, 5.41) is 13.7. The second-order valence-corrected chi connectivity index (χ2v) is 10.0. The van der Waals surface area contributed by atoms with Gasteiger partial charge in [0, 0.05) is 21.7 Å². The van der Waals surface area contributed by atoms with E-state index < -0.39 is 5.41 Å². The van der Waals surface area contributed by atoms with Crippen molar-refractivity contribution >= 4 is 23.1 Å². The Labute approximate surface area is 222 Å². The number of nitrogens with one attached hydrogen (secondary N) is 1. The summed E-state index contributed by atoms with van der Waals surface area (Å²) in [6.45, 7) is 5.91. The molecule has 37 heavy (non-hydrogen) atoms. The minimum atomic E-state index is -0.492. The van der Waals surface area contributed by atoms with Gasteiger partial charge in [-0.15, -0.1) is 0 Å². The molecule has 4 nitrogen and oxygen atoms in total. The standard InChI is InChI=1S/C32H27ClN2O2/c1-32(2,3)30(29(21-34)24-17-15-23(16-18-24)22-9-5-4-6-10-22)35-31(36)25-11-7-13-27(19-25)37-28-14-8-12-26(33)20-28/h4-20H,1-3H3,(H,35,36)/b30-29-. The zero-order valence-electron chi connectivity index (χ0n) is 21.0. The van der Waals surface area contributed by atoms with E-state index >= 15 is 0 Å². The Morgan fingerprint density at radius 1 is 0.784 bits per heavy atom. The minimum Gasteiger partial charge on any atom is -0.457 e. The zero-order valence-corrected chi connectivity index (χ0v) is 21.7. The van der Waals surface area contributed by atoms with E-state index in [4.69, 9.17) is 16.3 Å². The number of nitriles is 1. The Kier molecular flexibility index (Phi) is 7.77. The molecule has 0 fully saturated rings. The lowest BCUT2D eigenvalue weighted by molar-refractivity contribution is 0.0957. The van der Waals surface area contributed by atoms with Crippen LogP contribution in [-0.2, 0) is 0 Å². The molecule has 5 heteroatoms. The monoisotopic (exact) mass is 506 g/mol. The van der Waals surface area contributed by atoms with Crippen molar-refractivity contribution in [3.8, 4) is 28.7 Å². The van der Waals surface area contributed by atoms with Crippen LogP contribution in [0.5, 0.6) is 11.5 Å². The molecule has 0 aliphatic heterocycles. The SMILES string of the molecule is CC(C)(C)/C(NC(=O)c1cccc(Oc2cccc(Cl)c2)c1)=C(\C#N)c1ccc(-c2ccccc2)cc1. The minimum absolute atomic E-state index is 0.324. The molecule has 0 aliphatic carbocycles. The Morgan fingerprint density at radius 2 is 1.41 bits per heavy atom. The van der Waals surface area contributed by atoms with Crippen LogP contribution in [0.15, 0.2) is 109 Å². The fourth-order valence-electron chi connectivity index (χ4n) is 3.90. The van der Waals surface area contributed by atoms with Gasteiger partial charge in [-0.1, -0.05) is 99.1 Å². The van der Waals surface area contributed by atoms with Crippen LogP contribution in [0, 0.1) is 16.7 Å². The third-order valence-electron chi connectivity index (χ3n) is 5.76. The van der Waals surface area contributed by atoms with Gasteiger partial charge in [0.25, 0.3) is 5.91 Å². The van der Waals surface area contributed by atoms with Crippen molar-refractivity contribution in [2.24, 2.45) is 5.41 Å². The highest BCUT2D eigenvalue weighted by atomic mass is 35.5. The maximum Gasteiger partial charge on any atom is 0.255 e. The van der Waals surface area contributed by atoms with Gasteiger partial charge in [0.2, 0.25) is 0 Å². The topological polar surface area (TPSA) is 62.1 Å². The lowest BCUT2D eigenvalue weighted by Crippen LogP contribution is -2.31. The first-order valence-corrected chi connectivity index (χ1v) is 12.3. The number of hydrogen-bond donors (Lipinski definition) is 1. The van der Waals surface area contributed by atoms with E-state index in [1.54, 1.807) is 48.5 Å². The van der Waals surface area contributed by atoms with Gasteiger partial charge < -0.3 is 10.1 Å². The smallest absolute Gasteiger partial charge is 0.255 e. The number of carbonyl (C=O) groups is 1. The predicted molar refractivity (Wildman–Crippen MR) is 149 cm³/mol. The number of halogens is 1. The Balaban J connectivity index is 1.62. The fraction of sp³-hybridized carbons (Fsp3) is 0.125. The molecule has 0 unspecified atom stereocenters. The first-order valence-electron chi connectivity index (χ1n) is 11.9. The van der Waals surface area contributed by atoms with Gasteiger partial charge in [-0.2, -0.15) is 5.26 Å². The van der Waals surface area contributed by atoms with Crippen LogP contribution in [0.25, 0.3) is 16.7 Å². The second kappa shape index (κ2) is 11.2. The molecular weight excluding hydrogens is 480 g/mol. The van der Waals surface area contributed by atoms with E-state index in [0.717, 1.165) is 16.7 Å². The number of benzene rings is 4. The van der Waals surface area contributed by atoms with Crippen molar-refractivity contribution in [2.75, 3.05) is 0 Å². The highest BCUT2D eigenvalue weighted by Crippen LogP contribution is 2.32. The Morgan fingerprint density at radius 3 is 2.03 bits per heavy atom. The molecule has 4 aromatic rings. The maximum absolute atomic E-state index is 13.3. The molecule has 4 aromatic carbocycles. The molecule has 0 saturated heterocycles. The van der Waals surface area contributed by atoms with Crippen molar-refractivity contribution in [2.45, 2.75) is 20.8 Å². The number of allylic oxidation sites excluding steroid dienone is 2. The summed E-state index contributed by atoms with van der Waals surface area (Å²) in [4.78, 5) is 13.3. The van der Waals surface area contributed by atoms with Gasteiger partial charge in [0.05, 0.1) is 5.57 Å². The molecule has 1 N–H and O–H groups in total. The number of nitrogens with zero attached hydrogens (tertiary/aromatic N) is 1. The van der Waals surface area contributed by atoms with Gasteiger partial charge in [-0.05, 0) is 53.1 Å². The number of carbonyl (C=O) groups excluding carboxylic acids is 1. The number of rotatable bonds is 6. The Hall–Kier alpha value is -4.33. The van der Waals surface area contributed by atoms with Gasteiger partial charge in [-0.3, -0.25) is 4.79 Å². The summed E-state index contributed by atoms with van der Waals surface area (Å²) in [6, 6.07) is 34.1. The fourth-order valence-corrected chi connectivity index (χ4v) is 4.08. The lowest BCUT2D eigenvalue weighted by atomic mass is 9.86. The summed E-state index contributed by atoms with van der Waals surface area (Å²) >= 11 is 6.05. The summed E-state index contributed by atoms with van der Waals surface area (Å²) in [6.07, 6.45) is 0. The summed E-state index contributed by atoms with van der Waals surface area (Å²) in [5.41, 5.74) is 3.79. The average molecular weight is 507 g/mol. The van der Waals surface area contributed by atoms with Gasteiger partial charge >= 0.3 is 0 Å². The first kappa shape index (κ1) is 25.8. The van der Waals surface area contributed by atoms with E-state index in [0.29, 0.717) is 33.4 Å². The molecular formula is C32H27ClN2O2. The van der Waals surface area contributed by atoms with E-state index in [9.17, 15) is 10.1 Å². The van der Waals surface area contributed by atoms with Crippen LogP contribution in [0.4, 0.5) is 0 Å². The van der Waals surface area contributed by atoms with Gasteiger partial charge in [-0.25, -0.2) is 0 Å². The van der Waals surface area contributed by atoms with Crippen molar-refractivity contribution in [1.82, 2.24) is 5.32 Å². The normalized spacial score (nSPS) is 11.8. The van der Waals surface area contributed by atoms with E-state index in [-0.39, 0.29) is 5.91 Å². The molecule has 0 heterocycles. The quantitative estimate of drug-likeness (QED) is 0.266. The molecule has 0 saturated carbocycles. The first-order chi connectivity index (χ1) is 17.7. The molecule has 4 rings (SSSR count). The van der Waals surface area contributed by atoms with E-state index in [1.165, 1.54) is 0 Å². The zero-order chi connectivity index (χ0) is 26.4. The largest absolute Gasteiger partial charge is 0.457 e. The van der Waals surface area contributed by atoms with Crippen LogP contribution in [0.3, 0.4) is 0 Å². The molecule has 0 aromatic heterocycles. The predicted octanol–water partition coefficient (Wildman–Crippen LogP) is 8.51. The molecule has 0 spiro atoms. The van der Waals surface area contributed by atoms with Crippen molar-refractivity contribution in [3.63, 3.8) is 0 Å². The van der Waals surface area contributed by atoms with Crippen molar-refractivity contribution in [3.05, 3.63) is 125 Å². The average Bonchev–Trinajstić information content (AvgIpc) is 2.89. The maximum atomic E-state index is 13.3. The van der Waals surface area contributed by atoms with Gasteiger partial charge in [0.15, 0.2) is 0 Å². The number of amides is 1. The molecule has 0 aliphatic rings. The Bertz CT molecular complexity index is 1480. The summed E-state index contributed by atoms with van der Waals surface area (Å²) < 4.78 is 5.88. The van der Waals surface area contributed by atoms with Crippen LogP contribution in [0.2, 0.25) is 5.02 Å².